The van der Waals surface area contributed by atoms with Crippen LogP contribution in [-0.2, 0) is 4.43 Å². The van der Waals surface area contributed by atoms with Crippen LogP contribution in [-0.4, -0.2) is 20.5 Å². The summed E-state index contributed by atoms with van der Waals surface area (Å²) < 4.78 is 5.90. The van der Waals surface area contributed by atoms with Crippen molar-refractivity contribution in [2.24, 2.45) is 5.73 Å². The standard InChI is InChI=1S/C12H25NOSi/c1-11(2,3)15(6,7)14-10-8-9-12(4,5)13/h10,13H2,1-7H3. The molecule has 0 radical (unpaired) electrons. The Labute approximate surface area is 95.7 Å². The normalized spacial score (nSPS) is 13.3. The lowest BCUT2D eigenvalue weighted by Gasteiger charge is -2.35. The van der Waals surface area contributed by atoms with Gasteiger partial charge >= 0.3 is 0 Å². The molecule has 0 aromatic carbocycles. The Hall–Kier alpha value is -0.303. The van der Waals surface area contributed by atoms with Crippen LogP contribution in [0, 0.1) is 11.8 Å². The van der Waals surface area contributed by atoms with Crippen molar-refractivity contribution < 1.29 is 4.43 Å². The van der Waals surface area contributed by atoms with Gasteiger partial charge < -0.3 is 10.2 Å². The van der Waals surface area contributed by atoms with Crippen molar-refractivity contribution >= 4 is 8.32 Å². The first-order valence-electron chi connectivity index (χ1n) is 5.39. The summed E-state index contributed by atoms with van der Waals surface area (Å²) in [6.07, 6.45) is 0. The topological polar surface area (TPSA) is 35.2 Å². The van der Waals surface area contributed by atoms with E-state index in [1.54, 1.807) is 0 Å². The average molecular weight is 227 g/mol. The Bertz CT molecular complexity index is 260. The summed E-state index contributed by atoms with van der Waals surface area (Å²) in [6.45, 7) is 15.4. The van der Waals surface area contributed by atoms with Crippen molar-refractivity contribution in [2.45, 2.75) is 58.3 Å². The molecule has 0 amide bonds. The highest BCUT2D eigenvalue weighted by Crippen LogP contribution is 2.36. The average Bonchev–Trinajstić information content (AvgIpc) is 1.94. The van der Waals surface area contributed by atoms with E-state index in [9.17, 15) is 0 Å². The fourth-order valence-electron chi connectivity index (χ4n) is 0.697. The molecule has 0 saturated heterocycles. The highest BCUT2D eigenvalue weighted by atomic mass is 28.4. The third kappa shape index (κ3) is 5.98. The molecule has 88 valence electrons. The van der Waals surface area contributed by atoms with Gasteiger partial charge in [-0.1, -0.05) is 32.6 Å². The zero-order chi connectivity index (χ0) is 12.3. The fraction of sp³-hybridized carbons (Fsp3) is 0.833. The van der Waals surface area contributed by atoms with E-state index in [0.29, 0.717) is 6.61 Å². The van der Waals surface area contributed by atoms with Crippen LogP contribution >= 0.6 is 0 Å². The van der Waals surface area contributed by atoms with Crippen LogP contribution < -0.4 is 5.73 Å². The first-order valence-corrected chi connectivity index (χ1v) is 8.29. The van der Waals surface area contributed by atoms with Crippen LogP contribution in [0.4, 0.5) is 0 Å². The summed E-state index contributed by atoms with van der Waals surface area (Å²) in [5.74, 6) is 5.96. The van der Waals surface area contributed by atoms with E-state index in [-0.39, 0.29) is 5.04 Å². The molecule has 15 heavy (non-hydrogen) atoms. The first kappa shape index (κ1) is 14.7. The van der Waals surface area contributed by atoms with E-state index in [0.717, 1.165) is 0 Å². The summed E-state index contributed by atoms with van der Waals surface area (Å²) >= 11 is 0. The van der Waals surface area contributed by atoms with Crippen molar-refractivity contribution in [3.63, 3.8) is 0 Å². The molecule has 0 aromatic rings. The lowest BCUT2D eigenvalue weighted by molar-refractivity contribution is 0.334. The quantitative estimate of drug-likeness (QED) is 0.581. The zero-order valence-corrected chi connectivity index (χ0v) is 12.2. The molecule has 0 rings (SSSR count). The Morgan fingerprint density at radius 2 is 1.60 bits per heavy atom. The summed E-state index contributed by atoms with van der Waals surface area (Å²) in [4.78, 5) is 0. The Morgan fingerprint density at radius 1 is 1.13 bits per heavy atom. The molecular formula is C12H25NOSi. The highest BCUT2D eigenvalue weighted by molar-refractivity contribution is 6.74. The van der Waals surface area contributed by atoms with Crippen LogP contribution in [0.5, 0.6) is 0 Å². The second-order valence-electron chi connectivity index (χ2n) is 6.07. The molecule has 0 aromatic heterocycles. The third-order valence-corrected chi connectivity index (χ3v) is 7.20. The van der Waals surface area contributed by atoms with E-state index in [1.807, 2.05) is 13.8 Å². The van der Waals surface area contributed by atoms with E-state index < -0.39 is 13.9 Å². The van der Waals surface area contributed by atoms with Crippen molar-refractivity contribution in [3.8, 4) is 11.8 Å². The van der Waals surface area contributed by atoms with E-state index in [2.05, 4.69) is 45.7 Å². The minimum atomic E-state index is -1.64. The predicted molar refractivity (Wildman–Crippen MR) is 69.2 cm³/mol. The van der Waals surface area contributed by atoms with Gasteiger partial charge in [-0.25, -0.2) is 0 Å². The van der Waals surface area contributed by atoms with E-state index in [1.165, 1.54) is 0 Å². The van der Waals surface area contributed by atoms with Gasteiger partial charge in [0.1, 0.15) is 0 Å². The van der Waals surface area contributed by atoms with Crippen LogP contribution in [0.15, 0.2) is 0 Å². The van der Waals surface area contributed by atoms with E-state index in [4.69, 9.17) is 10.2 Å². The smallest absolute Gasteiger partial charge is 0.193 e. The number of hydrogen-bond donors (Lipinski definition) is 1. The summed E-state index contributed by atoms with van der Waals surface area (Å²) in [7, 11) is -1.64. The molecule has 0 bridgehead atoms. The van der Waals surface area contributed by atoms with Crippen molar-refractivity contribution in [2.75, 3.05) is 6.61 Å². The SMILES string of the molecule is CC(C)(N)C#CCO[Si](C)(C)C(C)(C)C. The minimum absolute atomic E-state index is 0.243. The van der Waals surface area contributed by atoms with Gasteiger partial charge in [0, 0.05) is 0 Å². The zero-order valence-electron chi connectivity index (χ0n) is 11.2. The van der Waals surface area contributed by atoms with Gasteiger partial charge in [-0.15, -0.1) is 0 Å². The second-order valence-corrected chi connectivity index (χ2v) is 10.9. The van der Waals surface area contributed by atoms with Crippen molar-refractivity contribution in [1.29, 1.82) is 0 Å². The maximum Gasteiger partial charge on any atom is 0.193 e. The number of nitrogens with two attached hydrogens (primary N) is 1. The Morgan fingerprint density at radius 3 is 1.93 bits per heavy atom. The van der Waals surface area contributed by atoms with E-state index >= 15 is 0 Å². The molecular weight excluding hydrogens is 202 g/mol. The molecule has 0 heterocycles. The molecule has 0 aliphatic rings. The van der Waals surface area contributed by atoms with Crippen molar-refractivity contribution in [3.05, 3.63) is 0 Å². The maximum absolute atomic E-state index is 5.90. The third-order valence-electron chi connectivity index (χ3n) is 2.72. The molecule has 0 fully saturated rings. The van der Waals surface area contributed by atoms with Gasteiger partial charge in [0.25, 0.3) is 0 Å². The van der Waals surface area contributed by atoms with Crippen LogP contribution in [0.2, 0.25) is 18.1 Å². The molecule has 0 unspecified atom stereocenters. The molecule has 0 spiro atoms. The summed E-state index contributed by atoms with van der Waals surface area (Å²) in [5, 5.41) is 0.243. The molecule has 2 nitrogen and oxygen atoms in total. The molecule has 0 aliphatic carbocycles. The summed E-state index contributed by atoms with van der Waals surface area (Å²) in [5.41, 5.74) is 5.33. The Kier molecular flexibility index (Phi) is 4.60. The minimum Gasteiger partial charge on any atom is -0.406 e. The molecule has 0 aliphatic heterocycles. The fourth-order valence-corrected chi connectivity index (χ4v) is 1.56. The van der Waals surface area contributed by atoms with Gasteiger partial charge in [0.2, 0.25) is 0 Å². The maximum atomic E-state index is 5.90. The molecule has 0 saturated carbocycles. The number of rotatable bonds is 2. The van der Waals surface area contributed by atoms with Gasteiger partial charge in [0.05, 0.1) is 12.1 Å². The van der Waals surface area contributed by atoms with Crippen LogP contribution in [0.1, 0.15) is 34.6 Å². The largest absolute Gasteiger partial charge is 0.406 e. The summed E-state index contributed by atoms with van der Waals surface area (Å²) in [6, 6.07) is 0. The molecule has 0 atom stereocenters. The van der Waals surface area contributed by atoms with Gasteiger partial charge in [0.15, 0.2) is 8.32 Å². The first-order chi connectivity index (χ1) is 6.46. The van der Waals surface area contributed by atoms with Crippen molar-refractivity contribution in [1.82, 2.24) is 0 Å². The lowest BCUT2D eigenvalue weighted by atomic mass is 10.1. The second kappa shape index (κ2) is 4.69. The van der Waals surface area contributed by atoms with Gasteiger partial charge in [-0.2, -0.15) is 0 Å². The molecule has 2 N–H and O–H groups in total. The lowest BCUT2D eigenvalue weighted by Crippen LogP contribution is -2.40. The van der Waals surface area contributed by atoms with Gasteiger partial charge in [-0.05, 0) is 32.0 Å². The highest BCUT2D eigenvalue weighted by Gasteiger charge is 2.36. The van der Waals surface area contributed by atoms with Crippen LogP contribution in [0.3, 0.4) is 0 Å². The predicted octanol–water partition coefficient (Wildman–Crippen LogP) is 2.75. The monoisotopic (exact) mass is 227 g/mol. The van der Waals surface area contributed by atoms with Gasteiger partial charge in [-0.3, -0.25) is 0 Å². The number of hydrogen-bond acceptors (Lipinski definition) is 2. The Balaban J connectivity index is 4.23. The van der Waals surface area contributed by atoms with Crippen LogP contribution in [0.25, 0.3) is 0 Å². The molecule has 3 heteroatoms.